The van der Waals surface area contributed by atoms with Gasteiger partial charge in [-0.2, -0.15) is 5.26 Å². The van der Waals surface area contributed by atoms with Gasteiger partial charge in [-0.1, -0.05) is 6.07 Å². The Labute approximate surface area is 137 Å². The summed E-state index contributed by atoms with van der Waals surface area (Å²) < 4.78 is 23.2. The first-order valence-corrected chi connectivity index (χ1v) is 7.96. The van der Waals surface area contributed by atoms with E-state index in [1.807, 2.05) is 39.8 Å². The lowest BCUT2D eigenvalue weighted by atomic mass is 9.78. The minimum atomic E-state index is -0.476. The largest absolute Gasteiger partial charge is 0.494 e. The quantitative estimate of drug-likeness (QED) is 0.799. The Bertz CT molecular complexity index is 616. The Morgan fingerprint density at radius 1 is 1.22 bits per heavy atom. The first kappa shape index (κ1) is 16.3. The monoisotopic (exact) mass is 315 g/mol. The second-order valence-electron chi connectivity index (χ2n) is 7.06. The highest BCUT2D eigenvalue weighted by molar-refractivity contribution is 6.62. The third kappa shape index (κ3) is 3.09. The number of hydrogen-bond acceptors (Lipinski definition) is 5. The van der Waals surface area contributed by atoms with Crippen LogP contribution in [0.5, 0.6) is 5.75 Å². The Morgan fingerprint density at radius 3 is 2.48 bits per heavy atom. The van der Waals surface area contributed by atoms with Crippen LogP contribution in [0.2, 0.25) is 0 Å². The average molecular weight is 315 g/mol. The number of nitriles is 1. The fraction of sp³-hybridized carbons (Fsp3) is 0.588. The highest BCUT2D eigenvalue weighted by atomic mass is 16.7. The summed E-state index contributed by atoms with van der Waals surface area (Å²) in [7, 11) is -0.476. The van der Waals surface area contributed by atoms with Crippen LogP contribution in [0, 0.1) is 11.3 Å². The molecule has 2 saturated heterocycles. The summed E-state index contributed by atoms with van der Waals surface area (Å²) in [5.41, 5.74) is 0.515. The lowest BCUT2D eigenvalue weighted by molar-refractivity contribution is 0.00578. The predicted octanol–water partition coefficient (Wildman–Crippen LogP) is 2.03. The van der Waals surface area contributed by atoms with Gasteiger partial charge in [0.1, 0.15) is 17.9 Å². The van der Waals surface area contributed by atoms with Crippen LogP contribution in [0.1, 0.15) is 39.7 Å². The van der Waals surface area contributed by atoms with Crippen molar-refractivity contribution in [3.05, 3.63) is 23.8 Å². The summed E-state index contributed by atoms with van der Waals surface area (Å²) in [5.74, 6) is 0.586. The maximum atomic E-state index is 9.42. The van der Waals surface area contributed by atoms with Gasteiger partial charge in [0.2, 0.25) is 0 Å². The molecule has 1 aromatic carbocycles. The van der Waals surface area contributed by atoms with Crippen molar-refractivity contribution >= 4 is 12.6 Å². The van der Waals surface area contributed by atoms with Crippen LogP contribution < -0.4 is 10.2 Å². The van der Waals surface area contributed by atoms with Crippen molar-refractivity contribution in [3.63, 3.8) is 0 Å². The molecule has 0 saturated carbocycles. The third-order valence-corrected chi connectivity index (χ3v) is 4.83. The van der Waals surface area contributed by atoms with Crippen molar-refractivity contribution in [2.75, 3.05) is 13.2 Å². The van der Waals surface area contributed by atoms with Crippen LogP contribution in [-0.2, 0) is 14.0 Å². The Balaban J connectivity index is 1.81. The number of ether oxygens (including phenoxy) is 2. The van der Waals surface area contributed by atoms with E-state index in [9.17, 15) is 5.26 Å². The van der Waals surface area contributed by atoms with Gasteiger partial charge in [-0.15, -0.1) is 0 Å². The first-order chi connectivity index (χ1) is 10.8. The number of rotatable bonds is 3. The molecule has 6 heteroatoms. The zero-order valence-electron chi connectivity index (χ0n) is 14.1. The van der Waals surface area contributed by atoms with Crippen molar-refractivity contribution < 1.29 is 18.8 Å². The number of hydrogen-bond donors (Lipinski definition) is 0. The van der Waals surface area contributed by atoms with E-state index in [4.69, 9.17) is 18.8 Å². The molecule has 0 amide bonds. The standard InChI is InChI=1S/C17H22BNO4/c1-16(2)17(3,4)23-18(22-16)13-5-6-15(12(9-13)10-19)21-14-7-8-20-11-14/h5-6,9,14H,7-8,11H2,1-4H3. The molecular formula is C17H22BNO4. The second kappa shape index (κ2) is 5.83. The minimum absolute atomic E-state index is 0.0183. The van der Waals surface area contributed by atoms with Gasteiger partial charge in [0.15, 0.2) is 0 Å². The van der Waals surface area contributed by atoms with E-state index in [0.717, 1.165) is 11.9 Å². The highest BCUT2D eigenvalue weighted by Gasteiger charge is 2.51. The van der Waals surface area contributed by atoms with Gasteiger partial charge in [-0.3, -0.25) is 0 Å². The van der Waals surface area contributed by atoms with E-state index >= 15 is 0 Å². The molecule has 1 atom stereocenters. The van der Waals surface area contributed by atoms with Gasteiger partial charge in [-0.05, 0) is 45.3 Å². The molecule has 5 nitrogen and oxygen atoms in total. The van der Waals surface area contributed by atoms with Crippen molar-refractivity contribution in [2.24, 2.45) is 0 Å². The second-order valence-corrected chi connectivity index (χ2v) is 7.06. The fourth-order valence-corrected chi connectivity index (χ4v) is 2.65. The SMILES string of the molecule is CC1(C)OB(c2ccc(OC3CCOC3)c(C#N)c2)OC1(C)C. The predicted molar refractivity (Wildman–Crippen MR) is 86.7 cm³/mol. The van der Waals surface area contributed by atoms with E-state index < -0.39 is 18.3 Å². The molecule has 2 fully saturated rings. The normalized spacial score (nSPS) is 25.3. The Morgan fingerprint density at radius 2 is 1.91 bits per heavy atom. The molecule has 0 N–H and O–H groups in total. The molecule has 0 radical (unpaired) electrons. The molecule has 3 rings (SSSR count). The summed E-state index contributed by atoms with van der Waals surface area (Å²) >= 11 is 0. The summed E-state index contributed by atoms with van der Waals surface area (Å²) in [6, 6.07) is 7.70. The molecular weight excluding hydrogens is 293 g/mol. The molecule has 2 aliphatic heterocycles. The van der Waals surface area contributed by atoms with E-state index in [2.05, 4.69) is 6.07 Å². The van der Waals surface area contributed by atoms with E-state index in [-0.39, 0.29) is 6.10 Å². The van der Waals surface area contributed by atoms with E-state index in [1.165, 1.54) is 0 Å². The average Bonchev–Trinajstić information content (AvgIpc) is 3.06. The van der Waals surface area contributed by atoms with Crippen molar-refractivity contribution in [2.45, 2.75) is 51.4 Å². The molecule has 2 heterocycles. The maximum absolute atomic E-state index is 9.42. The molecule has 0 spiro atoms. The Kier molecular flexibility index (Phi) is 4.13. The van der Waals surface area contributed by atoms with E-state index in [1.54, 1.807) is 6.07 Å². The Hall–Kier alpha value is -1.55. The van der Waals surface area contributed by atoms with Crippen LogP contribution in [-0.4, -0.2) is 37.6 Å². The molecule has 0 aliphatic carbocycles. The van der Waals surface area contributed by atoms with Crippen LogP contribution in [0.15, 0.2) is 18.2 Å². The van der Waals surface area contributed by atoms with Crippen molar-refractivity contribution in [1.29, 1.82) is 5.26 Å². The molecule has 2 aliphatic rings. The number of benzene rings is 1. The van der Waals surface area contributed by atoms with Gasteiger partial charge < -0.3 is 18.8 Å². The van der Waals surface area contributed by atoms with Crippen LogP contribution in [0.4, 0.5) is 0 Å². The van der Waals surface area contributed by atoms with Crippen molar-refractivity contribution in [3.8, 4) is 11.8 Å². The lowest BCUT2D eigenvalue weighted by Gasteiger charge is -2.32. The number of nitrogens with zero attached hydrogens (tertiary/aromatic N) is 1. The smallest absolute Gasteiger partial charge is 0.487 e. The molecule has 0 aromatic heterocycles. The molecule has 0 bridgehead atoms. The zero-order chi connectivity index (χ0) is 16.7. The van der Waals surface area contributed by atoms with Crippen LogP contribution in [0.3, 0.4) is 0 Å². The van der Waals surface area contributed by atoms with Crippen LogP contribution in [0.25, 0.3) is 0 Å². The van der Waals surface area contributed by atoms with Crippen molar-refractivity contribution in [1.82, 2.24) is 0 Å². The maximum Gasteiger partial charge on any atom is 0.494 e. The van der Waals surface area contributed by atoms with Gasteiger partial charge in [0.05, 0.1) is 30.0 Å². The summed E-state index contributed by atoms with van der Waals surface area (Å²) in [6.45, 7) is 9.32. The molecule has 1 aromatic rings. The van der Waals surface area contributed by atoms with Gasteiger partial charge in [-0.25, -0.2) is 0 Å². The van der Waals surface area contributed by atoms with Crippen LogP contribution >= 0.6 is 0 Å². The lowest BCUT2D eigenvalue weighted by Crippen LogP contribution is -2.41. The summed E-state index contributed by atoms with van der Waals surface area (Å²) in [4.78, 5) is 0. The molecule has 23 heavy (non-hydrogen) atoms. The molecule has 122 valence electrons. The first-order valence-electron chi connectivity index (χ1n) is 7.96. The van der Waals surface area contributed by atoms with Gasteiger partial charge >= 0.3 is 7.12 Å². The van der Waals surface area contributed by atoms with Gasteiger partial charge in [0.25, 0.3) is 0 Å². The topological polar surface area (TPSA) is 60.7 Å². The minimum Gasteiger partial charge on any atom is -0.487 e. The highest BCUT2D eigenvalue weighted by Crippen LogP contribution is 2.36. The van der Waals surface area contributed by atoms with E-state index in [0.29, 0.717) is 24.5 Å². The summed E-state index contributed by atoms with van der Waals surface area (Å²) in [6.07, 6.45) is 0.869. The third-order valence-electron chi connectivity index (χ3n) is 4.83. The van der Waals surface area contributed by atoms with Gasteiger partial charge in [0, 0.05) is 6.42 Å². The molecule has 1 unspecified atom stereocenters. The summed E-state index contributed by atoms with van der Waals surface area (Å²) in [5, 5.41) is 9.42. The fourth-order valence-electron chi connectivity index (χ4n) is 2.65. The zero-order valence-corrected chi connectivity index (χ0v) is 14.1.